The van der Waals surface area contributed by atoms with Crippen molar-refractivity contribution >= 4 is 33.3 Å². The zero-order chi connectivity index (χ0) is 32.3. The third-order valence-electron chi connectivity index (χ3n) is 8.32. The largest absolute Gasteiger partial charge is 0.492 e. The van der Waals surface area contributed by atoms with Crippen LogP contribution in [-0.4, -0.2) is 50.2 Å². The number of thiophene rings is 1. The highest BCUT2D eigenvalue weighted by Crippen LogP contribution is 2.51. The van der Waals surface area contributed by atoms with E-state index in [0.29, 0.717) is 69.0 Å². The number of fused-ring (bicyclic) bond motifs is 1. The minimum Gasteiger partial charge on any atom is -0.492 e. The van der Waals surface area contributed by atoms with Crippen LogP contribution in [0, 0.1) is 28.5 Å². The Hall–Kier alpha value is -4.11. The molecule has 2 saturated heterocycles. The Kier molecular flexibility index (Phi) is 9.49. The van der Waals surface area contributed by atoms with Crippen molar-refractivity contribution in [1.29, 1.82) is 10.7 Å². The number of alkyl halides is 2. The number of nitrogens with one attached hydrogen (secondary N) is 2. The molecule has 7 nitrogen and oxygen atoms in total. The standard InChI is InChI=1S/C35H35F3N4O3S/c1-35(37,38)29-18-23(36)5-10-26(29)34-32(27-11-12-30(28(19-40)33(27)46-34)41-31-4-2-3-16-44-31)45-25-8-6-24(7-9-25)43-17-15-42-20-22(21-42)13-14-39/h5-12,18-19,22,31,40-41H,2-4,13,15-17,20-21H2,1H3. The molecule has 2 aliphatic rings. The van der Waals surface area contributed by atoms with E-state index < -0.39 is 17.3 Å². The Bertz CT molecular complexity index is 1740. The van der Waals surface area contributed by atoms with Gasteiger partial charge in [-0.25, -0.2) is 13.2 Å². The molecule has 240 valence electrons. The molecule has 0 aliphatic carbocycles. The fourth-order valence-corrected chi connectivity index (χ4v) is 7.23. The maximum absolute atomic E-state index is 14.8. The Labute approximate surface area is 270 Å². The first-order valence-corrected chi connectivity index (χ1v) is 16.2. The van der Waals surface area contributed by atoms with Crippen LogP contribution < -0.4 is 14.8 Å². The number of benzene rings is 3. The molecule has 4 aromatic rings. The summed E-state index contributed by atoms with van der Waals surface area (Å²) in [6, 6.07) is 16.4. The first kappa shape index (κ1) is 31.9. The van der Waals surface area contributed by atoms with E-state index in [-0.39, 0.29) is 11.8 Å². The average molecular weight is 649 g/mol. The molecule has 2 N–H and O–H groups in total. The third kappa shape index (κ3) is 6.99. The second-order valence-corrected chi connectivity index (χ2v) is 12.8. The maximum Gasteiger partial charge on any atom is 0.271 e. The van der Waals surface area contributed by atoms with E-state index in [1.54, 1.807) is 24.3 Å². The fourth-order valence-electron chi connectivity index (χ4n) is 5.94. The molecule has 3 aromatic carbocycles. The molecule has 1 aromatic heterocycles. The zero-order valence-electron chi connectivity index (χ0n) is 25.5. The molecule has 0 spiro atoms. The van der Waals surface area contributed by atoms with Crippen molar-refractivity contribution in [2.45, 2.75) is 44.8 Å². The van der Waals surface area contributed by atoms with Crippen LogP contribution in [0.5, 0.6) is 17.2 Å². The molecule has 1 atom stereocenters. The predicted molar refractivity (Wildman–Crippen MR) is 174 cm³/mol. The van der Waals surface area contributed by atoms with Crippen LogP contribution >= 0.6 is 11.3 Å². The van der Waals surface area contributed by atoms with Gasteiger partial charge in [0.05, 0.1) is 10.9 Å². The monoisotopic (exact) mass is 648 g/mol. The maximum atomic E-state index is 14.8. The molecule has 46 heavy (non-hydrogen) atoms. The molecule has 2 aliphatic heterocycles. The van der Waals surface area contributed by atoms with Crippen molar-refractivity contribution in [2.75, 3.05) is 38.2 Å². The van der Waals surface area contributed by atoms with Gasteiger partial charge < -0.3 is 24.9 Å². The van der Waals surface area contributed by atoms with Gasteiger partial charge in [-0.2, -0.15) is 5.26 Å². The minimum atomic E-state index is -3.31. The van der Waals surface area contributed by atoms with Gasteiger partial charge in [-0.15, -0.1) is 11.3 Å². The highest BCUT2D eigenvalue weighted by Gasteiger charge is 2.32. The van der Waals surface area contributed by atoms with E-state index in [0.717, 1.165) is 51.9 Å². The van der Waals surface area contributed by atoms with Crippen molar-refractivity contribution < 1.29 is 27.4 Å². The number of anilines is 1. The second kappa shape index (κ2) is 13.7. The van der Waals surface area contributed by atoms with E-state index in [2.05, 4.69) is 16.3 Å². The lowest BCUT2D eigenvalue weighted by Gasteiger charge is -2.37. The summed E-state index contributed by atoms with van der Waals surface area (Å²) in [5.74, 6) is -2.15. The van der Waals surface area contributed by atoms with Gasteiger partial charge in [0.1, 0.15) is 30.2 Å². The third-order valence-corrected chi connectivity index (χ3v) is 9.58. The van der Waals surface area contributed by atoms with E-state index in [9.17, 15) is 13.2 Å². The lowest BCUT2D eigenvalue weighted by molar-refractivity contribution is 0.0178. The molecule has 0 radical (unpaired) electrons. The van der Waals surface area contributed by atoms with Gasteiger partial charge in [0.2, 0.25) is 0 Å². The predicted octanol–water partition coefficient (Wildman–Crippen LogP) is 8.77. The topological polar surface area (TPSA) is 90.6 Å². The summed E-state index contributed by atoms with van der Waals surface area (Å²) in [5.41, 5.74) is 1.01. The summed E-state index contributed by atoms with van der Waals surface area (Å²) in [6.07, 6.45) is 4.51. The van der Waals surface area contributed by atoms with Crippen LogP contribution in [0.1, 0.15) is 43.7 Å². The smallest absolute Gasteiger partial charge is 0.271 e. The van der Waals surface area contributed by atoms with Gasteiger partial charge in [0, 0.05) is 78.3 Å². The number of hydrogen-bond donors (Lipinski definition) is 2. The lowest BCUT2D eigenvalue weighted by Crippen LogP contribution is -2.47. The van der Waals surface area contributed by atoms with Crippen LogP contribution in [0.2, 0.25) is 0 Å². The van der Waals surface area contributed by atoms with Gasteiger partial charge in [-0.3, -0.25) is 4.90 Å². The molecule has 6 rings (SSSR count). The Morgan fingerprint density at radius 1 is 1.13 bits per heavy atom. The summed E-state index contributed by atoms with van der Waals surface area (Å²) >= 11 is 1.23. The van der Waals surface area contributed by atoms with Crippen LogP contribution in [0.3, 0.4) is 0 Å². The number of halogens is 3. The summed E-state index contributed by atoms with van der Waals surface area (Å²) in [6.45, 7) is 4.50. The second-order valence-electron chi connectivity index (χ2n) is 11.8. The zero-order valence-corrected chi connectivity index (χ0v) is 26.3. The van der Waals surface area contributed by atoms with Crippen molar-refractivity contribution in [3.05, 3.63) is 71.5 Å². The summed E-state index contributed by atoms with van der Waals surface area (Å²) in [4.78, 5) is 2.66. The van der Waals surface area contributed by atoms with E-state index >= 15 is 0 Å². The van der Waals surface area contributed by atoms with Crippen molar-refractivity contribution in [1.82, 2.24) is 4.90 Å². The Morgan fingerprint density at radius 3 is 2.61 bits per heavy atom. The number of rotatable bonds is 12. The van der Waals surface area contributed by atoms with Crippen LogP contribution in [0.25, 0.3) is 20.5 Å². The number of likely N-dealkylation sites (tertiary alicyclic amines) is 1. The normalized spacial score (nSPS) is 17.3. The quantitative estimate of drug-likeness (QED) is 0.149. The highest BCUT2D eigenvalue weighted by atomic mass is 32.1. The highest BCUT2D eigenvalue weighted by molar-refractivity contribution is 7.23. The van der Waals surface area contributed by atoms with Crippen LogP contribution in [0.4, 0.5) is 18.9 Å². The Balaban J connectivity index is 1.31. The number of nitrogens with zero attached hydrogens (tertiary/aromatic N) is 2. The van der Waals surface area contributed by atoms with Crippen molar-refractivity contribution in [2.24, 2.45) is 5.92 Å². The van der Waals surface area contributed by atoms with E-state index in [4.69, 9.17) is 24.9 Å². The SMILES string of the molecule is CC(F)(F)c1cc(F)ccc1-c1sc2c(C=N)c(NC3CCCCO3)ccc2c1Oc1ccc(OCCN2CC(CC#N)C2)cc1. The average Bonchev–Trinajstić information content (AvgIpc) is 3.38. The molecular weight excluding hydrogens is 613 g/mol. The number of ether oxygens (including phenoxy) is 3. The molecule has 2 fully saturated rings. The fraction of sp³-hybridized carbons (Fsp3) is 0.371. The molecule has 0 bridgehead atoms. The first-order valence-electron chi connectivity index (χ1n) is 15.4. The summed E-state index contributed by atoms with van der Waals surface area (Å²) < 4.78 is 62.8. The van der Waals surface area contributed by atoms with Gasteiger partial charge in [0.25, 0.3) is 5.92 Å². The van der Waals surface area contributed by atoms with Gasteiger partial charge in [-0.05, 0) is 73.7 Å². The number of hydrogen-bond acceptors (Lipinski definition) is 8. The molecule has 0 amide bonds. The first-order chi connectivity index (χ1) is 22.2. The van der Waals surface area contributed by atoms with Crippen LogP contribution in [0.15, 0.2) is 54.6 Å². The molecule has 0 saturated carbocycles. The molecular formula is C35H35F3N4O3S. The minimum absolute atomic E-state index is 0.161. The van der Waals surface area contributed by atoms with E-state index in [1.165, 1.54) is 29.7 Å². The Morgan fingerprint density at radius 2 is 1.91 bits per heavy atom. The van der Waals surface area contributed by atoms with Crippen molar-refractivity contribution in [3.8, 4) is 33.8 Å². The number of nitriles is 1. The summed E-state index contributed by atoms with van der Waals surface area (Å²) in [5, 5.41) is 21.1. The molecule has 1 unspecified atom stereocenters. The molecule has 3 heterocycles. The molecule has 11 heteroatoms. The van der Waals surface area contributed by atoms with Crippen LogP contribution in [-0.2, 0) is 10.7 Å². The van der Waals surface area contributed by atoms with Gasteiger partial charge in [-0.1, -0.05) is 6.07 Å². The lowest BCUT2D eigenvalue weighted by atomic mass is 9.97. The van der Waals surface area contributed by atoms with Gasteiger partial charge >= 0.3 is 0 Å². The summed E-state index contributed by atoms with van der Waals surface area (Å²) in [7, 11) is 0. The van der Waals surface area contributed by atoms with E-state index in [1.807, 2.05) is 12.1 Å². The van der Waals surface area contributed by atoms with Gasteiger partial charge in [0.15, 0.2) is 5.75 Å². The van der Waals surface area contributed by atoms with Crippen molar-refractivity contribution in [3.63, 3.8) is 0 Å².